The summed E-state index contributed by atoms with van der Waals surface area (Å²) >= 11 is 0.960. The molecule has 0 radical (unpaired) electrons. The van der Waals surface area contributed by atoms with Crippen LogP contribution in [0, 0.1) is 11.8 Å². The van der Waals surface area contributed by atoms with E-state index >= 15 is 0 Å². The number of rotatable bonds is 3. The summed E-state index contributed by atoms with van der Waals surface area (Å²) in [5, 5.41) is 9.52. The van der Waals surface area contributed by atoms with E-state index in [0.717, 1.165) is 0 Å². The van der Waals surface area contributed by atoms with Crippen molar-refractivity contribution in [1.82, 2.24) is 7.06 Å². The monoisotopic (exact) mass is 496 g/mol. The fourth-order valence-electron chi connectivity index (χ4n) is 3.31. The van der Waals surface area contributed by atoms with Crippen LogP contribution in [0.4, 0.5) is 4.39 Å². The van der Waals surface area contributed by atoms with Gasteiger partial charge >= 0.3 is 132 Å². The molecule has 4 aliphatic rings. The number of esters is 1. The molecule has 0 aromatic heterocycles. The van der Waals surface area contributed by atoms with Crippen LogP contribution in [-0.4, -0.2) is 30.1 Å². The van der Waals surface area contributed by atoms with Crippen molar-refractivity contribution in [2.75, 3.05) is 0 Å². The molecule has 8 heteroatoms. The van der Waals surface area contributed by atoms with Gasteiger partial charge < -0.3 is 0 Å². The van der Waals surface area contributed by atoms with E-state index in [0.29, 0.717) is 12.8 Å². The predicted molar refractivity (Wildman–Crippen MR) is 82.2 cm³/mol. The number of halogens is 3. The Labute approximate surface area is 131 Å². The second-order valence-electron chi connectivity index (χ2n) is 6.03. The Balaban J connectivity index is 1.42. The maximum atomic E-state index is 13.7. The third-order valence-corrected chi connectivity index (χ3v) is 11.9. The molecule has 4 fully saturated rings. The number of carbonyl (C=O) groups is 1. The molecule has 2 saturated carbocycles. The molecule has 5 nitrogen and oxygen atoms in total. The van der Waals surface area contributed by atoms with Gasteiger partial charge in [0.1, 0.15) is 0 Å². The van der Waals surface area contributed by atoms with Gasteiger partial charge in [-0.2, -0.15) is 0 Å². The van der Waals surface area contributed by atoms with Gasteiger partial charge in [0.15, 0.2) is 0 Å². The van der Waals surface area contributed by atoms with E-state index in [4.69, 9.17) is 4.74 Å². The fraction of sp³-hybridized carbons (Fsp3) is 0.909. The number of carbonyl (C=O) groups excluding carboxylic acids is 1. The van der Waals surface area contributed by atoms with Crippen LogP contribution in [0.3, 0.4) is 0 Å². The second kappa shape index (κ2) is 3.73. The molecule has 0 aromatic rings. The van der Waals surface area contributed by atoms with E-state index in [-0.39, 0.29) is 34.0 Å². The molecule has 2 aliphatic carbocycles. The van der Waals surface area contributed by atoms with E-state index < -0.39 is 29.6 Å². The molecule has 2 aliphatic heterocycles. The molecule has 5 atom stereocenters. The van der Waals surface area contributed by atoms with Crippen molar-refractivity contribution in [3.8, 4) is 0 Å². The van der Waals surface area contributed by atoms with E-state index in [1.165, 1.54) is 0 Å². The van der Waals surface area contributed by atoms with Crippen LogP contribution in [0.1, 0.15) is 26.2 Å². The molecule has 0 aromatic carbocycles. The Bertz CT molecular complexity index is 467. The maximum absolute atomic E-state index is 13.7. The number of hydrogen-bond acceptors (Lipinski definition) is 5. The van der Waals surface area contributed by atoms with Crippen molar-refractivity contribution >= 4 is 48.9 Å². The summed E-state index contributed by atoms with van der Waals surface area (Å²) in [5.74, 6) is -2.65. The first-order valence-electron chi connectivity index (χ1n) is 6.33. The molecule has 2 bridgehead atoms. The number of alkyl halides is 3. The average Bonchev–Trinajstić information content (AvgIpc) is 3.07. The van der Waals surface area contributed by atoms with Gasteiger partial charge in [-0.05, 0) is 0 Å². The van der Waals surface area contributed by atoms with Crippen molar-refractivity contribution in [1.29, 1.82) is 0 Å². The Morgan fingerprint density at radius 3 is 2.63 bits per heavy atom. The van der Waals surface area contributed by atoms with Crippen LogP contribution in [0.2, 0.25) is 0 Å². The van der Waals surface area contributed by atoms with Crippen LogP contribution < -0.4 is 7.06 Å². The van der Waals surface area contributed by atoms with Crippen LogP contribution in [0.15, 0.2) is 0 Å². The van der Waals surface area contributed by atoms with Crippen molar-refractivity contribution in [3.63, 3.8) is 0 Å². The Morgan fingerprint density at radius 1 is 1.58 bits per heavy atom. The summed E-state index contributed by atoms with van der Waals surface area (Å²) < 4.78 is 25.2. The first-order valence-corrected chi connectivity index (χ1v) is 10.6. The minimum atomic E-state index is -2.05. The normalized spacial score (nSPS) is 49.5. The van der Waals surface area contributed by atoms with Crippen LogP contribution >= 0.6 is 43.0 Å². The molecule has 5 unspecified atom stereocenters. The molecule has 0 spiro atoms. The van der Waals surface area contributed by atoms with E-state index in [2.05, 4.69) is 29.7 Å². The van der Waals surface area contributed by atoms with Crippen molar-refractivity contribution in [3.05, 3.63) is 0 Å². The molecule has 2 saturated heterocycles. The van der Waals surface area contributed by atoms with E-state index in [1.807, 2.05) is 6.92 Å². The summed E-state index contributed by atoms with van der Waals surface area (Å²) in [6.07, 6.45) is 0.960. The number of fused-ring (bicyclic) bond motifs is 3. The molecule has 0 amide bonds. The Kier molecular flexibility index (Phi) is 2.63. The van der Waals surface area contributed by atoms with Gasteiger partial charge in [0.2, 0.25) is 0 Å². The van der Waals surface area contributed by atoms with Crippen LogP contribution in [-0.2, 0) is 9.53 Å². The first-order chi connectivity index (χ1) is 8.76. The van der Waals surface area contributed by atoms with Crippen LogP contribution in [0.25, 0.3) is 0 Å². The molecule has 108 valence electrons. The van der Waals surface area contributed by atoms with E-state index in [1.54, 1.807) is 0 Å². The van der Waals surface area contributed by atoms with Gasteiger partial charge in [-0.25, -0.2) is 0 Å². The number of aliphatic hydroxyl groups is 1. The van der Waals surface area contributed by atoms with Crippen molar-refractivity contribution in [2.45, 2.75) is 45.2 Å². The van der Waals surface area contributed by atoms with Gasteiger partial charge in [0, 0.05) is 0 Å². The van der Waals surface area contributed by atoms with Gasteiger partial charge in [0.25, 0.3) is 0 Å². The molecule has 2 heterocycles. The molecule has 4 rings (SSSR count). The zero-order valence-electron chi connectivity index (χ0n) is 10.3. The number of ether oxygens (including phenoxy) is 1. The zero-order chi connectivity index (χ0) is 13.6. The third kappa shape index (κ3) is 1.75. The van der Waals surface area contributed by atoms with Gasteiger partial charge in [-0.15, -0.1) is 0 Å². The molecular formula is C11H15FI2N2O3. The fourth-order valence-corrected chi connectivity index (χ4v) is 11.1. The average molecular weight is 496 g/mol. The predicted octanol–water partition coefficient (Wildman–Crippen LogP) is 1.38. The summed E-state index contributed by atoms with van der Waals surface area (Å²) in [5.41, 5.74) is 0. The quantitative estimate of drug-likeness (QED) is 0.137. The van der Waals surface area contributed by atoms with Gasteiger partial charge in [-0.3, -0.25) is 0 Å². The second-order valence-corrected chi connectivity index (χ2v) is 12.5. The SMILES string of the molecule is CC(I)(C(=O)OC1CC2CC1CC2(O)F)C12NI1N2. The Morgan fingerprint density at radius 2 is 2.21 bits per heavy atom. The molecular weight excluding hydrogens is 481 g/mol. The summed E-state index contributed by atoms with van der Waals surface area (Å²) in [7, 11) is 0. The van der Waals surface area contributed by atoms with Gasteiger partial charge in [0.05, 0.1) is 0 Å². The van der Waals surface area contributed by atoms with Crippen LogP contribution in [0.5, 0.6) is 0 Å². The number of nitrogens with one attached hydrogen (secondary N) is 2. The summed E-state index contributed by atoms with van der Waals surface area (Å²) in [6, 6.07) is 0. The van der Waals surface area contributed by atoms with Gasteiger partial charge in [-0.1, -0.05) is 0 Å². The molecule has 3 N–H and O–H groups in total. The first kappa shape index (κ1) is 13.4. The minimum absolute atomic E-state index is 0.0254. The summed E-state index contributed by atoms with van der Waals surface area (Å²) in [6.45, 7) is 1.89. The zero-order valence-corrected chi connectivity index (χ0v) is 14.6. The van der Waals surface area contributed by atoms with Crippen molar-refractivity contribution in [2.24, 2.45) is 11.8 Å². The third-order valence-electron chi connectivity index (χ3n) is 4.75. The van der Waals surface area contributed by atoms with E-state index in [9.17, 15) is 14.3 Å². The molecule has 19 heavy (non-hydrogen) atoms. The van der Waals surface area contributed by atoms with Crippen molar-refractivity contribution < 1.29 is 19.0 Å². The summed E-state index contributed by atoms with van der Waals surface area (Å²) in [4.78, 5) is 12.3. The Hall–Kier alpha value is 0.740. The standard InChI is InChI=1S/C11H15FI2N2O3/c1-9(13,11-14(15-11)16-11)8(17)19-7-3-6-2-5(7)4-10(6,12)18/h5-7,15-16,18H,2-4H2,1H3. The topological polar surface area (TPSA) is 90.4 Å². The number of hydrogen-bond donors (Lipinski definition) is 3.